The summed E-state index contributed by atoms with van der Waals surface area (Å²) in [6, 6.07) is 0.144. The van der Waals surface area contributed by atoms with Gasteiger partial charge in [-0.05, 0) is 19.8 Å². The van der Waals surface area contributed by atoms with E-state index in [-0.39, 0.29) is 18.4 Å². The van der Waals surface area contributed by atoms with Crippen LogP contribution in [0.1, 0.15) is 50.9 Å². The van der Waals surface area contributed by atoms with Crippen molar-refractivity contribution in [2.75, 3.05) is 7.11 Å². The van der Waals surface area contributed by atoms with Crippen molar-refractivity contribution in [2.24, 2.45) is 0 Å². The van der Waals surface area contributed by atoms with E-state index in [1.807, 2.05) is 27.7 Å². The Bertz CT molecular complexity index is 408. The van der Waals surface area contributed by atoms with Crippen LogP contribution in [0.25, 0.3) is 0 Å². The zero-order valence-corrected chi connectivity index (χ0v) is 11.0. The molecule has 0 bridgehead atoms. The van der Waals surface area contributed by atoms with Crippen LogP contribution in [-0.4, -0.2) is 28.0 Å². The largest absolute Gasteiger partial charge is 0.481 e. The zero-order chi connectivity index (χ0) is 13.2. The molecule has 0 amide bonds. The highest BCUT2D eigenvalue weighted by atomic mass is 16.5. The molecule has 0 aliphatic carbocycles. The van der Waals surface area contributed by atoms with Gasteiger partial charge in [-0.15, -0.1) is 0 Å². The first-order chi connectivity index (χ1) is 7.88. The Morgan fingerprint density at radius 3 is 2.35 bits per heavy atom. The van der Waals surface area contributed by atoms with Gasteiger partial charge in [0.2, 0.25) is 5.88 Å². The molecule has 1 rings (SSSR count). The minimum atomic E-state index is -0.867. The smallest absolute Gasteiger partial charge is 0.308 e. The molecule has 0 spiro atoms. The van der Waals surface area contributed by atoms with Crippen molar-refractivity contribution in [1.29, 1.82) is 0 Å². The molecule has 96 valence electrons. The second-order valence-corrected chi connectivity index (χ2v) is 4.64. The molecule has 1 N–H and O–H groups in total. The van der Waals surface area contributed by atoms with E-state index in [4.69, 9.17) is 9.84 Å². The summed E-state index contributed by atoms with van der Waals surface area (Å²) in [5.74, 6) is -0.127. The predicted molar refractivity (Wildman–Crippen MR) is 64.6 cm³/mol. The van der Waals surface area contributed by atoms with Gasteiger partial charge in [0.1, 0.15) is 0 Å². The maximum absolute atomic E-state index is 10.9. The normalized spacial score (nSPS) is 11.2. The topological polar surface area (TPSA) is 64.3 Å². The van der Waals surface area contributed by atoms with E-state index in [2.05, 4.69) is 5.10 Å². The molecule has 1 heterocycles. The fourth-order valence-corrected chi connectivity index (χ4v) is 1.82. The Morgan fingerprint density at radius 2 is 2.00 bits per heavy atom. The van der Waals surface area contributed by atoms with Crippen molar-refractivity contribution in [3.8, 4) is 5.88 Å². The Balaban J connectivity index is 3.34. The predicted octanol–water partition coefficient (Wildman–Crippen LogP) is 2.22. The minimum absolute atomic E-state index is 0.0522. The molecule has 0 atom stereocenters. The molecule has 0 unspecified atom stereocenters. The maximum atomic E-state index is 10.9. The number of rotatable bonds is 5. The number of carboxylic acids is 1. The number of aromatic nitrogens is 2. The Morgan fingerprint density at radius 1 is 1.41 bits per heavy atom. The number of ether oxygens (including phenoxy) is 1. The second kappa shape index (κ2) is 5.21. The first kappa shape index (κ1) is 13.5. The van der Waals surface area contributed by atoms with Crippen LogP contribution in [-0.2, 0) is 11.2 Å². The van der Waals surface area contributed by atoms with E-state index < -0.39 is 5.97 Å². The molecule has 5 heteroatoms. The first-order valence-electron chi connectivity index (χ1n) is 5.75. The minimum Gasteiger partial charge on any atom is -0.481 e. The molecule has 0 fully saturated rings. The third kappa shape index (κ3) is 2.78. The fraction of sp³-hybridized carbons (Fsp3) is 0.667. The van der Waals surface area contributed by atoms with Gasteiger partial charge in [-0.2, -0.15) is 5.10 Å². The van der Waals surface area contributed by atoms with Gasteiger partial charge in [-0.3, -0.25) is 4.79 Å². The average molecular weight is 240 g/mol. The number of hydrogen-bond donors (Lipinski definition) is 1. The molecule has 0 aliphatic rings. The molecule has 0 aromatic carbocycles. The summed E-state index contributed by atoms with van der Waals surface area (Å²) in [5.41, 5.74) is 1.49. The monoisotopic (exact) mass is 240 g/mol. The number of hydrogen-bond acceptors (Lipinski definition) is 3. The second-order valence-electron chi connectivity index (χ2n) is 4.64. The molecule has 1 aromatic heterocycles. The summed E-state index contributed by atoms with van der Waals surface area (Å²) in [7, 11) is 1.55. The number of carboxylic acid groups (broad SMARTS) is 1. The summed E-state index contributed by atoms with van der Waals surface area (Å²) >= 11 is 0. The average Bonchev–Trinajstić information content (AvgIpc) is 2.55. The molecule has 0 aliphatic heterocycles. The Labute approximate surface area is 101 Å². The highest BCUT2D eigenvalue weighted by Gasteiger charge is 2.23. The van der Waals surface area contributed by atoms with Crippen molar-refractivity contribution < 1.29 is 14.6 Å². The van der Waals surface area contributed by atoms with E-state index in [1.54, 1.807) is 11.8 Å². The van der Waals surface area contributed by atoms with Crippen molar-refractivity contribution in [2.45, 2.75) is 46.1 Å². The van der Waals surface area contributed by atoms with Gasteiger partial charge in [0.05, 0.1) is 25.3 Å². The fourth-order valence-electron chi connectivity index (χ4n) is 1.82. The van der Waals surface area contributed by atoms with Crippen LogP contribution in [0.15, 0.2) is 0 Å². The van der Waals surface area contributed by atoms with Crippen molar-refractivity contribution >= 4 is 5.97 Å². The summed E-state index contributed by atoms with van der Waals surface area (Å²) in [4.78, 5) is 10.9. The quantitative estimate of drug-likeness (QED) is 0.857. The number of methoxy groups -OCH3 is 1. The van der Waals surface area contributed by atoms with Gasteiger partial charge in [-0.1, -0.05) is 13.8 Å². The van der Waals surface area contributed by atoms with Gasteiger partial charge < -0.3 is 9.84 Å². The van der Waals surface area contributed by atoms with Gasteiger partial charge >= 0.3 is 5.97 Å². The van der Waals surface area contributed by atoms with Crippen molar-refractivity contribution in [3.05, 3.63) is 11.3 Å². The molecule has 17 heavy (non-hydrogen) atoms. The maximum Gasteiger partial charge on any atom is 0.308 e. The standard InChI is InChI=1S/C12H20N2O3/c1-7(2)11-9(6-10(15)16)12(17-5)14(13-11)8(3)4/h7-8H,6H2,1-5H3,(H,15,16). The summed E-state index contributed by atoms with van der Waals surface area (Å²) in [6.45, 7) is 7.98. The summed E-state index contributed by atoms with van der Waals surface area (Å²) in [5, 5.41) is 13.4. The summed E-state index contributed by atoms with van der Waals surface area (Å²) < 4.78 is 7.05. The molecular weight excluding hydrogens is 220 g/mol. The summed E-state index contributed by atoms with van der Waals surface area (Å²) in [6.07, 6.45) is -0.0522. The lowest BCUT2D eigenvalue weighted by atomic mass is 10.0. The van der Waals surface area contributed by atoms with Crippen LogP contribution in [0, 0.1) is 0 Å². The van der Waals surface area contributed by atoms with Crippen LogP contribution in [0.4, 0.5) is 0 Å². The van der Waals surface area contributed by atoms with E-state index in [0.717, 1.165) is 5.69 Å². The van der Waals surface area contributed by atoms with Crippen LogP contribution in [0.3, 0.4) is 0 Å². The molecule has 5 nitrogen and oxygen atoms in total. The van der Waals surface area contributed by atoms with E-state index in [9.17, 15) is 4.79 Å². The van der Waals surface area contributed by atoms with Gasteiger partial charge in [0.25, 0.3) is 0 Å². The number of nitrogens with zero attached hydrogens (tertiary/aromatic N) is 2. The Kier molecular flexibility index (Phi) is 4.15. The lowest BCUT2D eigenvalue weighted by Gasteiger charge is -2.10. The molecule has 0 saturated heterocycles. The molecule has 1 aromatic rings. The third-order valence-electron chi connectivity index (χ3n) is 2.55. The lowest BCUT2D eigenvalue weighted by Crippen LogP contribution is -2.07. The van der Waals surface area contributed by atoms with Crippen molar-refractivity contribution in [3.63, 3.8) is 0 Å². The van der Waals surface area contributed by atoms with Gasteiger partial charge in [0, 0.05) is 5.56 Å². The SMILES string of the molecule is COc1c(CC(=O)O)c(C(C)C)nn1C(C)C. The first-order valence-corrected chi connectivity index (χ1v) is 5.75. The van der Waals surface area contributed by atoms with Crippen LogP contribution in [0.5, 0.6) is 5.88 Å². The molecule has 0 radical (unpaired) electrons. The van der Waals surface area contributed by atoms with Gasteiger partial charge in [0.15, 0.2) is 0 Å². The molecule has 0 saturated carbocycles. The van der Waals surface area contributed by atoms with Crippen LogP contribution in [0.2, 0.25) is 0 Å². The van der Waals surface area contributed by atoms with Crippen LogP contribution >= 0.6 is 0 Å². The van der Waals surface area contributed by atoms with Gasteiger partial charge in [-0.25, -0.2) is 4.68 Å². The van der Waals surface area contributed by atoms with Crippen molar-refractivity contribution in [1.82, 2.24) is 9.78 Å². The van der Waals surface area contributed by atoms with E-state index in [1.165, 1.54) is 0 Å². The third-order valence-corrected chi connectivity index (χ3v) is 2.55. The highest BCUT2D eigenvalue weighted by molar-refractivity contribution is 5.71. The number of aliphatic carboxylic acids is 1. The van der Waals surface area contributed by atoms with Crippen LogP contribution < -0.4 is 4.74 Å². The lowest BCUT2D eigenvalue weighted by molar-refractivity contribution is -0.136. The number of carbonyl (C=O) groups is 1. The molecular formula is C12H20N2O3. The Hall–Kier alpha value is -1.52. The highest BCUT2D eigenvalue weighted by Crippen LogP contribution is 2.30. The zero-order valence-electron chi connectivity index (χ0n) is 11.0. The van der Waals surface area contributed by atoms with E-state index >= 15 is 0 Å². The van der Waals surface area contributed by atoms with E-state index in [0.29, 0.717) is 11.4 Å².